The smallest absolute Gasteiger partial charge is 0.337 e. The number of amides is 3. The van der Waals surface area contributed by atoms with E-state index in [0.717, 1.165) is 23.2 Å². The molecule has 1 atom stereocenters. The molecule has 0 fully saturated rings. The van der Waals surface area contributed by atoms with E-state index in [-0.39, 0.29) is 11.1 Å². The van der Waals surface area contributed by atoms with E-state index in [4.69, 9.17) is 23.2 Å². The maximum Gasteiger partial charge on any atom is 0.399 e. The minimum Gasteiger partial charge on any atom is -0.337 e. The van der Waals surface area contributed by atoms with Gasteiger partial charge in [-0.1, -0.05) is 41.4 Å². The second kappa shape index (κ2) is 11.2. The number of allylic oxidation sites excluding steroid dienone is 1. The van der Waals surface area contributed by atoms with Crippen LogP contribution in [0.25, 0.3) is 6.08 Å². The highest BCUT2D eigenvalue weighted by Crippen LogP contribution is 2.39. The van der Waals surface area contributed by atoms with E-state index >= 15 is 0 Å². The topological polar surface area (TPSA) is 61.4 Å². The Morgan fingerprint density at radius 1 is 1.18 bits per heavy atom. The molecule has 2 aromatic rings. The van der Waals surface area contributed by atoms with E-state index < -0.39 is 39.9 Å². The molecule has 0 aliphatic carbocycles. The second-order valence-corrected chi connectivity index (χ2v) is 8.42. The third-order valence-electron chi connectivity index (χ3n) is 4.34. The molecule has 0 spiro atoms. The maximum atomic E-state index is 13.6. The van der Waals surface area contributed by atoms with Gasteiger partial charge in [-0.15, -0.1) is 0 Å². The number of alkyl halides is 3. The number of rotatable bonds is 5. The summed E-state index contributed by atoms with van der Waals surface area (Å²) in [6.07, 6.45) is -2.61. The molecule has 2 N–H and O–H groups in total. The van der Waals surface area contributed by atoms with Gasteiger partial charge in [0.15, 0.2) is 5.82 Å². The first-order chi connectivity index (χ1) is 15.3. The number of nitrogens with zero attached hydrogens (tertiary/aromatic N) is 1. The highest BCUT2D eigenvalue weighted by atomic mass is 79.9. The zero-order chi connectivity index (χ0) is 24.9. The van der Waals surface area contributed by atoms with Gasteiger partial charge >= 0.3 is 12.2 Å². The van der Waals surface area contributed by atoms with Crippen LogP contribution in [0.15, 0.2) is 40.9 Å². The molecule has 178 valence electrons. The Kier molecular flexibility index (Phi) is 9.16. The van der Waals surface area contributed by atoms with Crippen molar-refractivity contribution in [3.63, 3.8) is 0 Å². The predicted molar refractivity (Wildman–Crippen MR) is 123 cm³/mol. The lowest BCUT2D eigenvalue weighted by atomic mass is 9.97. The Balaban J connectivity index is 2.27. The zero-order valence-electron chi connectivity index (χ0n) is 17.2. The van der Waals surface area contributed by atoms with E-state index in [0.29, 0.717) is 16.6 Å². The first-order valence-corrected chi connectivity index (χ1v) is 10.9. The van der Waals surface area contributed by atoms with Crippen LogP contribution in [-0.2, 0) is 0 Å². The Labute approximate surface area is 205 Å². The molecule has 3 amide bonds. The van der Waals surface area contributed by atoms with Crippen LogP contribution in [0, 0.1) is 5.82 Å². The molecule has 0 bridgehead atoms. The summed E-state index contributed by atoms with van der Waals surface area (Å²) in [4.78, 5) is 24.1. The number of hydrazine groups is 1. The van der Waals surface area contributed by atoms with Crippen LogP contribution < -0.4 is 10.7 Å². The van der Waals surface area contributed by atoms with Gasteiger partial charge in [-0.2, -0.15) is 13.2 Å². The van der Waals surface area contributed by atoms with Crippen molar-refractivity contribution in [3.8, 4) is 0 Å². The summed E-state index contributed by atoms with van der Waals surface area (Å²) in [6, 6.07) is 5.50. The lowest BCUT2D eigenvalue weighted by Gasteiger charge is -2.19. The molecule has 0 saturated carbocycles. The van der Waals surface area contributed by atoms with Gasteiger partial charge in [-0.3, -0.25) is 10.2 Å². The zero-order valence-corrected chi connectivity index (χ0v) is 20.3. The number of urea groups is 1. The third-order valence-corrected chi connectivity index (χ3v) is 5.54. The summed E-state index contributed by atoms with van der Waals surface area (Å²) >= 11 is 14.5. The standard InChI is InChI=1S/C21H18BrCl2F4N3O2/c1-3-29-20(33)31(2)30-19(32)13-6-4-11(8-15(13)22)5-7-14(21(26,27)28)12-9-16(23)18(25)17(24)10-12/h4-10,14H,3H2,1-2H3,(H,29,33)(H,30,32)/b7-5+. The van der Waals surface area contributed by atoms with Crippen LogP contribution in [0.5, 0.6) is 0 Å². The minimum atomic E-state index is -4.69. The third kappa shape index (κ3) is 7.09. The van der Waals surface area contributed by atoms with Gasteiger partial charge in [-0.25, -0.2) is 14.2 Å². The van der Waals surface area contributed by atoms with E-state index in [9.17, 15) is 27.2 Å². The summed E-state index contributed by atoms with van der Waals surface area (Å²) in [7, 11) is 1.36. The van der Waals surface area contributed by atoms with Crippen molar-refractivity contribution in [2.75, 3.05) is 13.6 Å². The van der Waals surface area contributed by atoms with Crippen LogP contribution in [0.2, 0.25) is 10.0 Å². The molecule has 0 aliphatic rings. The van der Waals surface area contributed by atoms with Crippen molar-refractivity contribution < 1.29 is 27.2 Å². The van der Waals surface area contributed by atoms with Gasteiger partial charge in [0.05, 0.1) is 21.5 Å². The van der Waals surface area contributed by atoms with Crippen molar-refractivity contribution in [2.24, 2.45) is 0 Å². The molecular formula is C21H18BrCl2F4N3O2. The van der Waals surface area contributed by atoms with Crippen molar-refractivity contribution in [1.82, 2.24) is 15.8 Å². The number of hydrogen-bond acceptors (Lipinski definition) is 2. The van der Waals surface area contributed by atoms with Crippen molar-refractivity contribution in [2.45, 2.75) is 19.0 Å². The fraction of sp³-hybridized carbons (Fsp3) is 0.238. The lowest BCUT2D eigenvalue weighted by molar-refractivity contribution is -0.139. The number of carbonyl (C=O) groups excluding carboxylic acids is 2. The van der Waals surface area contributed by atoms with Crippen molar-refractivity contribution in [3.05, 3.63) is 73.4 Å². The first-order valence-electron chi connectivity index (χ1n) is 9.36. The van der Waals surface area contributed by atoms with Gasteiger partial charge in [0.1, 0.15) is 0 Å². The normalized spacial score (nSPS) is 12.5. The monoisotopic (exact) mass is 569 g/mol. The Morgan fingerprint density at radius 2 is 1.79 bits per heavy atom. The Hall–Kier alpha value is -2.30. The summed E-state index contributed by atoms with van der Waals surface area (Å²) in [5, 5.41) is 2.45. The summed E-state index contributed by atoms with van der Waals surface area (Å²) in [6.45, 7) is 2.10. The second-order valence-electron chi connectivity index (χ2n) is 6.75. The van der Waals surface area contributed by atoms with E-state index in [1.165, 1.54) is 31.3 Å². The average molecular weight is 571 g/mol. The lowest BCUT2D eigenvalue weighted by Crippen LogP contribution is -2.48. The van der Waals surface area contributed by atoms with Gasteiger partial charge in [0.2, 0.25) is 0 Å². The number of nitrogens with one attached hydrogen (secondary N) is 2. The molecule has 5 nitrogen and oxygen atoms in total. The fourth-order valence-corrected chi connectivity index (χ4v) is 3.80. The first kappa shape index (κ1) is 26.9. The van der Waals surface area contributed by atoms with Gasteiger partial charge in [-0.05, 0) is 58.2 Å². The van der Waals surface area contributed by atoms with Crippen LogP contribution in [0.1, 0.15) is 34.3 Å². The molecule has 0 heterocycles. The quantitative estimate of drug-likeness (QED) is 0.243. The molecule has 33 heavy (non-hydrogen) atoms. The summed E-state index contributed by atoms with van der Waals surface area (Å²) < 4.78 is 54.8. The van der Waals surface area contributed by atoms with Gasteiger partial charge < -0.3 is 5.32 Å². The molecule has 0 radical (unpaired) electrons. The molecule has 0 saturated heterocycles. The molecule has 12 heteroatoms. The van der Waals surface area contributed by atoms with Crippen LogP contribution in [-0.4, -0.2) is 36.7 Å². The number of hydrogen-bond donors (Lipinski definition) is 2. The van der Waals surface area contributed by atoms with Crippen LogP contribution in [0.4, 0.5) is 22.4 Å². The van der Waals surface area contributed by atoms with E-state index in [1.54, 1.807) is 6.92 Å². The Morgan fingerprint density at radius 3 is 2.30 bits per heavy atom. The van der Waals surface area contributed by atoms with Crippen LogP contribution >= 0.6 is 39.1 Å². The highest BCUT2D eigenvalue weighted by Gasteiger charge is 2.39. The molecule has 2 aromatic carbocycles. The largest absolute Gasteiger partial charge is 0.399 e. The number of benzene rings is 2. The van der Waals surface area contributed by atoms with Gasteiger partial charge in [0, 0.05) is 18.1 Å². The average Bonchev–Trinajstić information content (AvgIpc) is 2.71. The van der Waals surface area contributed by atoms with Crippen molar-refractivity contribution >= 4 is 57.1 Å². The molecule has 2 rings (SSSR count). The summed E-state index contributed by atoms with van der Waals surface area (Å²) in [5.41, 5.74) is 2.57. The molecule has 1 unspecified atom stereocenters. The number of halogens is 7. The fourth-order valence-electron chi connectivity index (χ4n) is 2.72. The van der Waals surface area contributed by atoms with E-state index in [2.05, 4.69) is 26.7 Å². The molecular weight excluding hydrogens is 553 g/mol. The van der Waals surface area contributed by atoms with Crippen molar-refractivity contribution in [1.29, 1.82) is 0 Å². The van der Waals surface area contributed by atoms with Crippen LogP contribution in [0.3, 0.4) is 0 Å². The van der Waals surface area contributed by atoms with E-state index in [1.807, 2.05) is 0 Å². The summed E-state index contributed by atoms with van der Waals surface area (Å²) in [5.74, 6) is -3.70. The maximum absolute atomic E-state index is 13.6. The number of carbonyl (C=O) groups is 2. The Bertz CT molecular complexity index is 1060. The minimum absolute atomic E-state index is 0.160. The SMILES string of the molecule is CCNC(=O)N(C)NC(=O)c1ccc(/C=C/C(c2cc(Cl)c(F)c(Cl)c2)C(F)(F)F)cc1Br. The molecule has 0 aromatic heterocycles. The van der Waals surface area contributed by atoms with Gasteiger partial charge in [0.25, 0.3) is 5.91 Å². The molecule has 0 aliphatic heterocycles. The predicted octanol–water partition coefficient (Wildman–Crippen LogP) is 6.56. The highest BCUT2D eigenvalue weighted by molar-refractivity contribution is 9.10.